The van der Waals surface area contributed by atoms with Gasteiger partial charge in [0.15, 0.2) is 0 Å². The maximum absolute atomic E-state index is 13.4. The van der Waals surface area contributed by atoms with Crippen molar-refractivity contribution in [1.82, 2.24) is 0 Å². The Labute approximate surface area is 165 Å². The Morgan fingerprint density at radius 2 is 1.59 bits per heavy atom. The molecule has 3 rings (SSSR count). The van der Waals surface area contributed by atoms with Crippen molar-refractivity contribution in [3.05, 3.63) is 69.8 Å². The summed E-state index contributed by atoms with van der Waals surface area (Å²) in [5.74, 6) is 0.436. The van der Waals surface area contributed by atoms with Gasteiger partial charge in [0.2, 0.25) is 0 Å². The molecule has 0 amide bonds. The molecular formula is C25H32O2. The molecule has 2 aromatic rings. The Kier molecular flexibility index (Phi) is 5.33. The highest BCUT2D eigenvalue weighted by molar-refractivity contribution is 5.93. The van der Waals surface area contributed by atoms with E-state index in [1.807, 2.05) is 24.3 Å². The molecule has 2 aromatic carbocycles. The zero-order valence-corrected chi connectivity index (χ0v) is 17.4. The summed E-state index contributed by atoms with van der Waals surface area (Å²) in [6.07, 6.45) is -0.0175. The van der Waals surface area contributed by atoms with Crippen LogP contribution in [0, 0.1) is 0 Å². The van der Waals surface area contributed by atoms with Crippen LogP contribution in [0.15, 0.2) is 36.4 Å². The van der Waals surface area contributed by atoms with Gasteiger partial charge in [-0.1, -0.05) is 77.9 Å². The number of carbonyl (C=O) groups is 1. The summed E-state index contributed by atoms with van der Waals surface area (Å²) in [5.41, 5.74) is 5.87. The molecule has 0 fully saturated rings. The number of aryl methyl sites for hydroxylation is 1. The van der Waals surface area contributed by atoms with Crippen LogP contribution in [-0.4, -0.2) is 5.97 Å². The summed E-state index contributed by atoms with van der Waals surface area (Å²) < 4.78 is 14.8. The number of hydrogen-bond donors (Lipinski definition) is 0. The number of rotatable bonds is 5. The highest BCUT2D eigenvalue weighted by atomic mass is 16.5. The standard InChI is InChI=1S/C25H32O2/c1-15(2)19-13-21(16(3)4)24(22(14-19)17(5)6)25(26)27-23-12-11-18-9-7-8-10-20(18)23/h7-10,13-17,23H,11-12H2,1-6H3/i23D. The number of esters is 1. The van der Waals surface area contributed by atoms with Gasteiger partial charge in [-0.2, -0.15) is 0 Å². The summed E-state index contributed by atoms with van der Waals surface area (Å²) in [5, 5.41) is 0. The number of fused-ring (bicyclic) bond motifs is 1. The first-order valence-corrected chi connectivity index (χ1v) is 10.1. The third-order valence-electron chi connectivity index (χ3n) is 5.49. The van der Waals surface area contributed by atoms with Gasteiger partial charge in [-0.3, -0.25) is 0 Å². The lowest BCUT2D eigenvalue weighted by Gasteiger charge is -2.23. The van der Waals surface area contributed by atoms with Crippen LogP contribution in [0.5, 0.6) is 0 Å². The van der Waals surface area contributed by atoms with Gasteiger partial charge in [-0.15, -0.1) is 0 Å². The minimum absolute atomic E-state index is 0.205. The first-order chi connectivity index (χ1) is 13.1. The quantitative estimate of drug-likeness (QED) is 0.539. The van der Waals surface area contributed by atoms with Crippen LogP contribution < -0.4 is 0 Å². The molecule has 0 heterocycles. The predicted octanol–water partition coefficient (Wildman–Crippen LogP) is 6.90. The van der Waals surface area contributed by atoms with Crippen LogP contribution in [0.4, 0.5) is 0 Å². The highest BCUT2D eigenvalue weighted by Gasteiger charge is 2.29. The third kappa shape index (κ3) is 3.95. The normalized spacial score (nSPS) is 19.5. The Hall–Kier alpha value is -2.09. The second kappa shape index (κ2) is 7.88. The third-order valence-corrected chi connectivity index (χ3v) is 5.49. The molecule has 0 saturated heterocycles. The molecule has 0 saturated carbocycles. The van der Waals surface area contributed by atoms with Gasteiger partial charge in [0.25, 0.3) is 0 Å². The topological polar surface area (TPSA) is 26.3 Å². The summed E-state index contributed by atoms with van der Waals surface area (Å²) in [6.45, 7) is 12.8. The molecule has 1 unspecified atom stereocenters. The fraction of sp³-hybridized carbons (Fsp3) is 0.480. The molecule has 0 spiro atoms. The second-order valence-corrected chi connectivity index (χ2v) is 8.51. The molecule has 0 bridgehead atoms. The summed E-state index contributed by atoms with van der Waals surface area (Å²) in [4.78, 5) is 13.4. The molecule has 1 aliphatic rings. The number of carbonyl (C=O) groups excluding carboxylic acids is 1. The van der Waals surface area contributed by atoms with E-state index in [1.54, 1.807) is 0 Å². The lowest BCUT2D eigenvalue weighted by molar-refractivity contribution is 0.0298. The van der Waals surface area contributed by atoms with E-state index in [4.69, 9.17) is 6.11 Å². The Balaban J connectivity index is 2.06. The van der Waals surface area contributed by atoms with Crippen LogP contribution in [0.25, 0.3) is 0 Å². The predicted molar refractivity (Wildman–Crippen MR) is 112 cm³/mol. The Bertz CT molecular complexity index is 853. The van der Waals surface area contributed by atoms with Gasteiger partial charge < -0.3 is 4.74 Å². The van der Waals surface area contributed by atoms with Crippen molar-refractivity contribution in [1.29, 1.82) is 0 Å². The lowest BCUT2D eigenvalue weighted by Crippen LogP contribution is -2.16. The van der Waals surface area contributed by atoms with Crippen molar-refractivity contribution in [3.8, 4) is 0 Å². The van der Waals surface area contributed by atoms with Gasteiger partial charge in [-0.05, 0) is 58.4 Å². The zero-order valence-electron chi connectivity index (χ0n) is 18.4. The van der Waals surface area contributed by atoms with E-state index in [9.17, 15) is 4.79 Å². The van der Waals surface area contributed by atoms with Crippen molar-refractivity contribution in [2.24, 2.45) is 0 Å². The minimum atomic E-state index is -1.30. The van der Waals surface area contributed by atoms with Crippen molar-refractivity contribution >= 4 is 5.97 Å². The molecule has 2 heteroatoms. The van der Waals surface area contributed by atoms with Gasteiger partial charge in [0.05, 0.1) is 6.93 Å². The lowest BCUT2D eigenvalue weighted by atomic mass is 9.84. The Morgan fingerprint density at radius 1 is 1.00 bits per heavy atom. The number of ether oxygens (including phenoxy) is 1. The van der Waals surface area contributed by atoms with Crippen molar-refractivity contribution < 1.29 is 10.9 Å². The van der Waals surface area contributed by atoms with Crippen molar-refractivity contribution in [2.45, 2.75) is 78.2 Å². The average molecular weight is 366 g/mol. The fourth-order valence-corrected chi connectivity index (χ4v) is 3.85. The molecule has 27 heavy (non-hydrogen) atoms. The Morgan fingerprint density at radius 3 is 2.15 bits per heavy atom. The molecule has 1 atom stereocenters. The summed E-state index contributed by atoms with van der Waals surface area (Å²) in [7, 11) is 0. The van der Waals surface area contributed by atoms with Crippen LogP contribution in [0.2, 0.25) is 0 Å². The van der Waals surface area contributed by atoms with Gasteiger partial charge in [0, 0.05) is 0 Å². The SMILES string of the molecule is [2H]C1(OC(=O)c2c(C(C)C)cc(C(C)C)cc2C(C)C)CCc2ccccc21. The van der Waals surface area contributed by atoms with Crippen LogP contribution >= 0.6 is 0 Å². The molecule has 0 aliphatic heterocycles. The van der Waals surface area contributed by atoms with Crippen LogP contribution in [-0.2, 0) is 11.2 Å². The van der Waals surface area contributed by atoms with Crippen molar-refractivity contribution in [2.75, 3.05) is 0 Å². The zero-order chi connectivity index (χ0) is 20.6. The second-order valence-electron chi connectivity index (χ2n) is 8.51. The smallest absolute Gasteiger partial charge is 0.339 e. The maximum atomic E-state index is 13.4. The van der Waals surface area contributed by atoms with Crippen molar-refractivity contribution in [3.63, 3.8) is 0 Å². The average Bonchev–Trinajstić information content (AvgIpc) is 2.97. The minimum Gasteiger partial charge on any atom is -0.454 e. The molecule has 0 radical (unpaired) electrons. The summed E-state index contributed by atoms with van der Waals surface area (Å²) >= 11 is 0. The molecule has 2 nitrogen and oxygen atoms in total. The van der Waals surface area contributed by atoms with Crippen LogP contribution in [0.1, 0.15) is 111 Å². The van der Waals surface area contributed by atoms with Gasteiger partial charge in [0.1, 0.15) is 6.08 Å². The van der Waals surface area contributed by atoms with Gasteiger partial charge in [-0.25, -0.2) is 4.79 Å². The van der Waals surface area contributed by atoms with E-state index in [-0.39, 0.29) is 17.8 Å². The largest absolute Gasteiger partial charge is 0.454 e. The fourth-order valence-electron chi connectivity index (χ4n) is 3.85. The van der Waals surface area contributed by atoms with Gasteiger partial charge >= 0.3 is 5.97 Å². The first kappa shape index (κ1) is 18.3. The molecular weight excluding hydrogens is 332 g/mol. The van der Waals surface area contributed by atoms with E-state index >= 15 is 0 Å². The number of hydrogen-bond acceptors (Lipinski definition) is 2. The van der Waals surface area contributed by atoms with E-state index in [0.717, 1.165) is 28.7 Å². The maximum Gasteiger partial charge on any atom is 0.339 e. The molecule has 0 N–H and O–H groups in total. The first-order valence-electron chi connectivity index (χ1n) is 10.6. The molecule has 1 aliphatic carbocycles. The number of benzene rings is 2. The van der Waals surface area contributed by atoms with Crippen LogP contribution in [0.3, 0.4) is 0 Å². The van der Waals surface area contributed by atoms with E-state index in [0.29, 0.717) is 17.9 Å². The highest BCUT2D eigenvalue weighted by Crippen LogP contribution is 2.37. The monoisotopic (exact) mass is 365 g/mol. The van der Waals surface area contributed by atoms with E-state index < -0.39 is 6.08 Å². The van der Waals surface area contributed by atoms with E-state index in [1.165, 1.54) is 5.56 Å². The molecule has 0 aromatic heterocycles. The van der Waals surface area contributed by atoms with E-state index in [2.05, 4.69) is 53.7 Å². The summed E-state index contributed by atoms with van der Waals surface area (Å²) in [6, 6.07) is 12.1. The molecule has 144 valence electrons.